The quantitative estimate of drug-likeness (QED) is 0.831. The van der Waals surface area contributed by atoms with Gasteiger partial charge in [-0.3, -0.25) is 4.90 Å². The van der Waals surface area contributed by atoms with Crippen molar-refractivity contribution in [3.63, 3.8) is 0 Å². The molecule has 2 rings (SSSR count). The van der Waals surface area contributed by atoms with Gasteiger partial charge in [-0.05, 0) is 44.5 Å². The van der Waals surface area contributed by atoms with Crippen molar-refractivity contribution >= 4 is 0 Å². The monoisotopic (exact) mass is 312 g/mol. The summed E-state index contributed by atoms with van der Waals surface area (Å²) in [5, 5.41) is 3.29. The molecule has 0 radical (unpaired) electrons. The van der Waals surface area contributed by atoms with E-state index in [4.69, 9.17) is 0 Å². The zero-order valence-electron chi connectivity index (χ0n) is 12.9. The number of nitrogens with one attached hydrogen (secondary N) is 1. The minimum Gasteiger partial charge on any atom is -0.317 e. The third-order valence-electron chi connectivity index (χ3n) is 3.99. The van der Waals surface area contributed by atoms with Crippen LogP contribution in [-0.2, 0) is 12.7 Å². The Balaban J connectivity index is 2.21. The molecule has 1 heterocycles. The molecule has 22 heavy (non-hydrogen) atoms. The molecular formula is C17H23F3N2. The molecule has 0 bridgehead atoms. The fraction of sp³-hybridized carbons (Fsp3) is 0.529. The highest BCUT2D eigenvalue weighted by atomic mass is 19.4. The number of nitrogens with zero attached hydrogens (tertiary/aromatic N) is 1. The fourth-order valence-electron chi connectivity index (χ4n) is 2.99. The van der Waals surface area contributed by atoms with E-state index in [9.17, 15) is 13.2 Å². The number of hydrogen-bond donors (Lipinski definition) is 1. The molecule has 5 heteroatoms. The summed E-state index contributed by atoms with van der Waals surface area (Å²) in [7, 11) is 0. The number of halogens is 3. The van der Waals surface area contributed by atoms with Crippen molar-refractivity contribution in [1.29, 1.82) is 0 Å². The van der Waals surface area contributed by atoms with Crippen LogP contribution in [0.15, 0.2) is 36.4 Å². The van der Waals surface area contributed by atoms with Crippen molar-refractivity contribution in [2.75, 3.05) is 19.6 Å². The van der Waals surface area contributed by atoms with Crippen molar-refractivity contribution in [3.05, 3.63) is 47.5 Å². The standard InChI is InChI=1S/C17H23F3N2/c1-13(2)11-22(15-7-9-21-10-8-15)12-14-5-3-4-6-16(14)17(18,19)20/h3-6,15,21H,1,7-12H2,2H3. The van der Waals surface area contributed by atoms with E-state index in [-0.39, 0.29) is 0 Å². The second kappa shape index (κ2) is 7.29. The molecule has 0 saturated carbocycles. The first-order chi connectivity index (χ1) is 10.4. The molecule has 0 amide bonds. The van der Waals surface area contributed by atoms with E-state index in [2.05, 4.69) is 16.8 Å². The van der Waals surface area contributed by atoms with Gasteiger partial charge in [-0.25, -0.2) is 0 Å². The van der Waals surface area contributed by atoms with Gasteiger partial charge in [-0.1, -0.05) is 30.4 Å². The van der Waals surface area contributed by atoms with Gasteiger partial charge in [0.1, 0.15) is 0 Å². The molecule has 1 N–H and O–H groups in total. The van der Waals surface area contributed by atoms with Crippen LogP contribution in [0.3, 0.4) is 0 Å². The minimum absolute atomic E-state index is 0.305. The maximum absolute atomic E-state index is 13.2. The lowest BCUT2D eigenvalue weighted by Gasteiger charge is -2.35. The van der Waals surface area contributed by atoms with Gasteiger partial charge in [0.25, 0.3) is 0 Å². The van der Waals surface area contributed by atoms with Crippen molar-refractivity contribution in [2.24, 2.45) is 0 Å². The topological polar surface area (TPSA) is 15.3 Å². The highest BCUT2D eigenvalue weighted by molar-refractivity contribution is 5.29. The molecule has 0 spiro atoms. The zero-order valence-corrected chi connectivity index (χ0v) is 12.9. The molecule has 1 saturated heterocycles. The Morgan fingerprint density at radius 3 is 2.50 bits per heavy atom. The Kier molecular flexibility index (Phi) is 5.64. The van der Waals surface area contributed by atoms with Gasteiger partial charge in [0.05, 0.1) is 5.56 Å². The third kappa shape index (κ3) is 4.58. The predicted molar refractivity (Wildman–Crippen MR) is 82.6 cm³/mol. The van der Waals surface area contributed by atoms with Crippen LogP contribution in [0.25, 0.3) is 0 Å². The average molecular weight is 312 g/mol. The summed E-state index contributed by atoms with van der Waals surface area (Å²) in [5.41, 5.74) is 0.786. The van der Waals surface area contributed by atoms with Crippen molar-refractivity contribution in [3.8, 4) is 0 Å². The molecule has 1 aromatic carbocycles. The second-order valence-corrected chi connectivity index (χ2v) is 6.00. The highest BCUT2D eigenvalue weighted by Crippen LogP contribution is 2.33. The van der Waals surface area contributed by atoms with Crippen LogP contribution in [0.2, 0.25) is 0 Å². The second-order valence-electron chi connectivity index (χ2n) is 6.00. The Morgan fingerprint density at radius 2 is 1.91 bits per heavy atom. The molecule has 0 aliphatic carbocycles. The van der Waals surface area contributed by atoms with E-state index in [1.807, 2.05) is 6.92 Å². The van der Waals surface area contributed by atoms with Gasteiger partial charge in [0.15, 0.2) is 0 Å². The maximum Gasteiger partial charge on any atom is 0.416 e. The summed E-state index contributed by atoms with van der Waals surface area (Å²) >= 11 is 0. The van der Waals surface area contributed by atoms with E-state index in [0.717, 1.165) is 37.6 Å². The van der Waals surface area contributed by atoms with Crippen LogP contribution in [0, 0.1) is 0 Å². The highest BCUT2D eigenvalue weighted by Gasteiger charge is 2.33. The summed E-state index contributed by atoms with van der Waals surface area (Å²) < 4.78 is 39.5. The number of hydrogen-bond acceptors (Lipinski definition) is 2. The van der Waals surface area contributed by atoms with Gasteiger partial charge in [0.2, 0.25) is 0 Å². The van der Waals surface area contributed by atoms with E-state index < -0.39 is 11.7 Å². The van der Waals surface area contributed by atoms with Gasteiger partial charge >= 0.3 is 6.18 Å². The molecular weight excluding hydrogens is 289 g/mol. The zero-order chi connectivity index (χ0) is 16.2. The van der Waals surface area contributed by atoms with Crippen LogP contribution in [0.4, 0.5) is 13.2 Å². The van der Waals surface area contributed by atoms with Gasteiger partial charge in [-0.2, -0.15) is 13.2 Å². The molecule has 1 aromatic rings. The van der Waals surface area contributed by atoms with Crippen LogP contribution in [0.1, 0.15) is 30.9 Å². The maximum atomic E-state index is 13.2. The van der Waals surface area contributed by atoms with E-state index >= 15 is 0 Å². The first-order valence-corrected chi connectivity index (χ1v) is 7.62. The summed E-state index contributed by atoms with van der Waals surface area (Å²) in [6.07, 6.45) is -2.39. The van der Waals surface area contributed by atoms with Crippen LogP contribution in [0.5, 0.6) is 0 Å². The van der Waals surface area contributed by atoms with Crippen LogP contribution >= 0.6 is 0 Å². The molecule has 1 fully saturated rings. The summed E-state index contributed by atoms with van der Waals surface area (Å²) in [6.45, 7) is 8.62. The smallest absolute Gasteiger partial charge is 0.317 e. The largest absolute Gasteiger partial charge is 0.416 e. The number of rotatable bonds is 5. The Labute approximate surface area is 130 Å². The lowest BCUT2D eigenvalue weighted by atomic mass is 10.0. The van der Waals surface area contributed by atoms with E-state index in [0.29, 0.717) is 24.7 Å². The first kappa shape index (κ1) is 17.0. The molecule has 0 aromatic heterocycles. The van der Waals surface area contributed by atoms with E-state index in [1.165, 1.54) is 6.07 Å². The third-order valence-corrected chi connectivity index (χ3v) is 3.99. The number of benzene rings is 1. The lowest BCUT2D eigenvalue weighted by Crippen LogP contribution is -2.43. The number of piperidine rings is 1. The molecule has 0 atom stereocenters. The van der Waals surface area contributed by atoms with Crippen molar-refractivity contribution in [1.82, 2.24) is 10.2 Å². The Morgan fingerprint density at radius 1 is 1.27 bits per heavy atom. The SMILES string of the molecule is C=C(C)CN(Cc1ccccc1C(F)(F)F)C1CCNCC1. The van der Waals surface area contributed by atoms with Crippen LogP contribution in [-0.4, -0.2) is 30.6 Å². The summed E-state index contributed by atoms with van der Waals surface area (Å²) in [4.78, 5) is 2.13. The summed E-state index contributed by atoms with van der Waals surface area (Å²) in [6, 6.07) is 6.16. The van der Waals surface area contributed by atoms with Crippen molar-refractivity contribution in [2.45, 2.75) is 38.5 Å². The van der Waals surface area contributed by atoms with Crippen LogP contribution < -0.4 is 5.32 Å². The normalized spacial score (nSPS) is 17.0. The fourth-order valence-corrected chi connectivity index (χ4v) is 2.99. The molecule has 1 aliphatic rings. The predicted octanol–water partition coefficient (Wildman–Crippen LogP) is 3.84. The van der Waals surface area contributed by atoms with Gasteiger partial charge in [0, 0.05) is 19.1 Å². The minimum atomic E-state index is -4.31. The van der Waals surface area contributed by atoms with Gasteiger partial charge < -0.3 is 5.32 Å². The Bertz CT molecular complexity index is 505. The molecule has 122 valence electrons. The molecule has 0 unspecified atom stereocenters. The summed E-state index contributed by atoms with van der Waals surface area (Å²) in [5.74, 6) is 0. The first-order valence-electron chi connectivity index (χ1n) is 7.62. The van der Waals surface area contributed by atoms with Gasteiger partial charge in [-0.15, -0.1) is 0 Å². The van der Waals surface area contributed by atoms with Crippen molar-refractivity contribution < 1.29 is 13.2 Å². The Hall–Kier alpha value is -1.33. The average Bonchev–Trinajstić information content (AvgIpc) is 2.46. The lowest BCUT2D eigenvalue weighted by molar-refractivity contribution is -0.138. The molecule has 1 aliphatic heterocycles. The number of alkyl halides is 3. The molecule has 2 nitrogen and oxygen atoms in total. The van der Waals surface area contributed by atoms with E-state index in [1.54, 1.807) is 12.1 Å².